The van der Waals surface area contributed by atoms with Gasteiger partial charge in [0, 0.05) is 5.92 Å². The van der Waals surface area contributed by atoms with Gasteiger partial charge in [-0.1, -0.05) is 200 Å². The Morgan fingerprint density at radius 1 is 0.482 bits per heavy atom. The van der Waals surface area contributed by atoms with Gasteiger partial charge in [0.1, 0.15) is 5.75 Å². The summed E-state index contributed by atoms with van der Waals surface area (Å²) in [6, 6.07) is 13.1. The van der Waals surface area contributed by atoms with Crippen LogP contribution in [0.4, 0.5) is 0 Å². The molecule has 0 aliphatic rings. The molecule has 4 heteroatoms. The summed E-state index contributed by atoms with van der Waals surface area (Å²) < 4.78 is 19.8. The molecule has 0 N–H and O–H groups in total. The zero-order valence-electron chi connectivity index (χ0n) is 38.2. The average molecular weight is 794 g/mol. The Labute approximate surface area is 350 Å². The number of hydrogen-bond donors (Lipinski definition) is 0. The lowest BCUT2D eigenvalue weighted by molar-refractivity contribution is 0.198. The molecule has 0 spiro atoms. The molecule has 2 aromatic rings. The summed E-state index contributed by atoms with van der Waals surface area (Å²) in [5.74, 6) is 1.35. The summed E-state index contributed by atoms with van der Waals surface area (Å²) in [6.45, 7) is 17.5. The topological polar surface area (TPSA) is 27.7 Å². The fourth-order valence-corrected chi connectivity index (χ4v) is 9.10. The Kier molecular flexibility index (Phi) is 31.2. The van der Waals surface area contributed by atoms with Crippen LogP contribution in [0.15, 0.2) is 24.3 Å². The van der Waals surface area contributed by atoms with Crippen LogP contribution in [0.1, 0.15) is 254 Å². The van der Waals surface area contributed by atoms with Gasteiger partial charge in [-0.2, -0.15) is 0 Å². The summed E-state index contributed by atoms with van der Waals surface area (Å²) in [4.78, 5) is 0. The Morgan fingerprint density at radius 2 is 0.929 bits per heavy atom. The lowest BCUT2D eigenvalue weighted by Gasteiger charge is -2.25. The van der Waals surface area contributed by atoms with E-state index in [9.17, 15) is 0 Å². The highest BCUT2D eigenvalue weighted by atomic mass is 31.2. The van der Waals surface area contributed by atoms with E-state index < -0.39 is 8.60 Å². The quantitative estimate of drug-likeness (QED) is 0.0501. The second-order valence-electron chi connectivity index (χ2n) is 17.0. The number of benzene rings is 2. The van der Waals surface area contributed by atoms with Gasteiger partial charge in [0.15, 0.2) is 0 Å². The molecule has 1 unspecified atom stereocenters. The van der Waals surface area contributed by atoms with E-state index in [1.54, 1.807) is 0 Å². The van der Waals surface area contributed by atoms with Gasteiger partial charge in [-0.05, 0) is 104 Å². The van der Waals surface area contributed by atoms with Gasteiger partial charge in [-0.25, -0.2) is 0 Å². The summed E-state index contributed by atoms with van der Waals surface area (Å²) in [6.07, 6.45) is 38.5. The predicted octanol–water partition coefficient (Wildman–Crippen LogP) is 18.0. The maximum absolute atomic E-state index is 6.83. The smallest absolute Gasteiger partial charge is 0.397 e. The van der Waals surface area contributed by atoms with Crippen molar-refractivity contribution in [3.8, 4) is 5.75 Å². The molecule has 0 amide bonds. The van der Waals surface area contributed by atoms with E-state index >= 15 is 0 Å². The second kappa shape index (κ2) is 34.5. The zero-order valence-corrected chi connectivity index (χ0v) is 39.1. The third kappa shape index (κ3) is 22.7. The summed E-state index contributed by atoms with van der Waals surface area (Å²) >= 11 is 0. The first-order valence-corrected chi connectivity index (χ1v) is 25.5. The molecular formula is C52H90O3P. The first-order valence-electron chi connectivity index (χ1n) is 24.4. The molecule has 56 heavy (non-hydrogen) atoms. The molecule has 0 heterocycles. The van der Waals surface area contributed by atoms with Crippen molar-refractivity contribution in [1.82, 2.24) is 0 Å². The largest absolute Gasteiger partial charge is 0.426 e. The number of hydrogen-bond acceptors (Lipinski definition) is 3. The lowest BCUT2D eigenvalue weighted by Crippen LogP contribution is -2.09. The molecule has 1 atom stereocenters. The van der Waals surface area contributed by atoms with Gasteiger partial charge in [-0.3, -0.25) is 0 Å². The van der Waals surface area contributed by atoms with Crippen molar-refractivity contribution in [3.63, 3.8) is 0 Å². The molecule has 0 bridgehead atoms. The number of unbranched alkanes of at least 4 members (excludes halogenated alkanes) is 22. The molecule has 0 saturated heterocycles. The van der Waals surface area contributed by atoms with Crippen LogP contribution < -0.4 is 4.52 Å². The van der Waals surface area contributed by atoms with Crippen molar-refractivity contribution in [1.29, 1.82) is 0 Å². The van der Waals surface area contributed by atoms with Crippen molar-refractivity contribution in [2.75, 3.05) is 13.2 Å². The maximum atomic E-state index is 6.83. The molecule has 321 valence electrons. The van der Waals surface area contributed by atoms with Crippen LogP contribution in [-0.4, -0.2) is 13.2 Å². The maximum Gasteiger partial charge on any atom is 0.397 e. The van der Waals surface area contributed by atoms with Crippen molar-refractivity contribution >= 4 is 8.60 Å². The Bertz CT molecular complexity index is 1180. The van der Waals surface area contributed by atoms with Crippen molar-refractivity contribution < 1.29 is 13.6 Å². The fourth-order valence-electron chi connectivity index (χ4n) is 8.03. The highest BCUT2D eigenvalue weighted by molar-refractivity contribution is 7.42. The molecule has 0 saturated carbocycles. The number of aryl methyl sites for hydroxylation is 4. The third-order valence-electron chi connectivity index (χ3n) is 11.7. The lowest BCUT2D eigenvalue weighted by atomic mass is 9.81. The molecular weight excluding hydrogens is 704 g/mol. The van der Waals surface area contributed by atoms with Crippen LogP contribution in [0.5, 0.6) is 5.75 Å². The van der Waals surface area contributed by atoms with Crippen LogP contribution in [0.2, 0.25) is 0 Å². The van der Waals surface area contributed by atoms with E-state index in [-0.39, 0.29) is 0 Å². The van der Waals surface area contributed by atoms with Gasteiger partial charge in [-0.15, -0.1) is 0 Å². The van der Waals surface area contributed by atoms with Gasteiger partial charge in [0.05, 0.1) is 13.2 Å². The normalized spacial score (nSPS) is 12.2. The Hall–Kier alpha value is -1.41. The molecule has 3 nitrogen and oxygen atoms in total. The first-order chi connectivity index (χ1) is 27.5. The van der Waals surface area contributed by atoms with Crippen molar-refractivity contribution in [3.05, 3.63) is 63.7 Å². The van der Waals surface area contributed by atoms with E-state index in [1.165, 1.54) is 175 Å². The first kappa shape index (κ1) is 50.7. The van der Waals surface area contributed by atoms with Crippen molar-refractivity contribution in [2.45, 2.75) is 247 Å². The third-order valence-corrected chi connectivity index (χ3v) is 12.8. The van der Waals surface area contributed by atoms with Gasteiger partial charge in [0.25, 0.3) is 0 Å². The SMILES string of the molecule is CCCCCCCCCCCCCOP(OCCCCCCCCCCCCC)Oc1cc(C)c(C(CCC)c2cc(CCCC)[c]cc2C)cc1CCCC. The second-order valence-corrected chi connectivity index (χ2v) is 18.2. The van der Waals surface area contributed by atoms with Gasteiger partial charge in [0.2, 0.25) is 0 Å². The van der Waals surface area contributed by atoms with Crippen LogP contribution >= 0.6 is 8.60 Å². The monoisotopic (exact) mass is 794 g/mol. The van der Waals surface area contributed by atoms with E-state index in [4.69, 9.17) is 13.6 Å². The molecule has 0 fully saturated rings. The van der Waals surface area contributed by atoms with Crippen LogP contribution in [0.25, 0.3) is 0 Å². The molecule has 0 aliphatic heterocycles. The van der Waals surface area contributed by atoms with E-state index in [0.717, 1.165) is 57.1 Å². The molecule has 1 radical (unpaired) electrons. The van der Waals surface area contributed by atoms with E-state index in [1.807, 2.05) is 0 Å². The molecule has 2 rings (SSSR count). The fraction of sp³-hybridized carbons (Fsp3) is 0.769. The highest BCUT2D eigenvalue weighted by Crippen LogP contribution is 2.45. The van der Waals surface area contributed by atoms with E-state index in [0.29, 0.717) is 19.1 Å². The standard InChI is InChI=1S/C52H90O3P/c1-8-13-17-19-21-23-25-27-29-31-33-40-53-56(54-41-34-32-30-28-26-24-22-20-18-14-9-2)55-52-42-46(7)51(44-48(52)37-16-11-4)49(35-12-5)50-43-47(36-15-10-3)39-38-45(50)6/h38,42-44,49H,8-37,40-41H2,1-7H3. The van der Waals surface area contributed by atoms with Crippen LogP contribution in [0.3, 0.4) is 0 Å². The molecule has 0 aromatic heterocycles. The van der Waals surface area contributed by atoms with Gasteiger partial charge >= 0.3 is 8.60 Å². The summed E-state index contributed by atoms with van der Waals surface area (Å²) in [7, 11) is -1.45. The Morgan fingerprint density at radius 3 is 1.41 bits per heavy atom. The van der Waals surface area contributed by atoms with Crippen LogP contribution in [-0.2, 0) is 21.9 Å². The summed E-state index contributed by atoms with van der Waals surface area (Å²) in [5.41, 5.74) is 8.26. The summed E-state index contributed by atoms with van der Waals surface area (Å²) in [5, 5.41) is 0. The Balaban J connectivity index is 2.10. The average Bonchev–Trinajstić information content (AvgIpc) is 3.20. The minimum Gasteiger partial charge on any atom is -0.426 e. The van der Waals surface area contributed by atoms with Crippen LogP contribution in [0, 0.1) is 19.9 Å². The zero-order chi connectivity index (χ0) is 40.5. The number of rotatable bonds is 38. The highest BCUT2D eigenvalue weighted by Gasteiger charge is 2.23. The molecule has 0 aliphatic carbocycles. The minimum absolute atomic E-state index is 0.375. The predicted molar refractivity (Wildman–Crippen MR) is 248 cm³/mol. The van der Waals surface area contributed by atoms with E-state index in [2.05, 4.69) is 78.8 Å². The minimum atomic E-state index is -1.45. The van der Waals surface area contributed by atoms with Gasteiger partial charge < -0.3 is 13.6 Å². The molecule has 2 aromatic carbocycles. The van der Waals surface area contributed by atoms with Crippen molar-refractivity contribution in [2.24, 2.45) is 0 Å².